The van der Waals surface area contributed by atoms with E-state index in [9.17, 15) is 4.79 Å². The summed E-state index contributed by atoms with van der Waals surface area (Å²) in [5.41, 5.74) is 1.20. The fourth-order valence-electron chi connectivity index (χ4n) is 2.76. The summed E-state index contributed by atoms with van der Waals surface area (Å²) in [6.45, 7) is 1.66. The van der Waals surface area contributed by atoms with Crippen LogP contribution < -0.4 is 4.74 Å². The highest BCUT2D eigenvalue weighted by Crippen LogP contribution is 2.34. The Hall–Kier alpha value is -1.92. The third-order valence-electron chi connectivity index (χ3n) is 3.77. The van der Waals surface area contributed by atoms with Gasteiger partial charge >= 0.3 is 5.97 Å². The number of rotatable bonds is 6. The molecule has 1 saturated heterocycles. The van der Waals surface area contributed by atoms with Gasteiger partial charge < -0.3 is 9.84 Å². The number of hydrogen-bond acceptors (Lipinski definition) is 5. The molecule has 2 aromatic rings. The smallest absolute Gasteiger partial charge is 0.341 e. The molecule has 0 unspecified atom stereocenters. The van der Waals surface area contributed by atoms with Crippen LogP contribution in [-0.2, 0) is 11.3 Å². The number of aromatic nitrogens is 1. The lowest BCUT2D eigenvalue weighted by molar-refractivity contribution is -0.139. The zero-order chi connectivity index (χ0) is 15.4. The van der Waals surface area contributed by atoms with Crippen LogP contribution in [-0.4, -0.2) is 34.1 Å². The van der Waals surface area contributed by atoms with Gasteiger partial charge in [-0.2, -0.15) is 0 Å². The van der Waals surface area contributed by atoms with Gasteiger partial charge in [-0.25, -0.2) is 9.78 Å². The standard InChI is InChI=1S/C16H18N2O3S/c19-15(20)11-21-13-5-3-12(4-6-13)10-18-8-1-2-14(18)16-17-7-9-22-16/h3-7,9,14H,1-2,8,10-11H2,(H,19,20)/t14-/m1/s1. The minimum Gasteiger partial charge on any atom is -0.482 e. The van der Waals surface area contributed by atoms with Gasteiger partial charge in [-0.1, -0.05) is 12.1 Å². The maximum atomic E-state index is 10.5. The summed E-state index contributed by atoms with van der Waals surface area (Å²) in [4.78, 5) is 17.4. The molecule has 1 fully saturated rings. The van der Waals surface area contributed by atoms with Gasteiger partial charge in [0.05, 0.1) is 6.04 Å². The zero-order valence-corrected chi connectivity index (χ0v) is 13.0. The first kappa shape index (κ1) is 15.0. The highest BCUT2D eigenvalue weighted by atomic mass is 32.1. The Labute approximate surface area is 133 Å². The van der Waals surface area contributed by atoms with Gasteiger partial charge in [0.15, 0.2) is 6.61 Å². The van der Waals surface area contributed by atoms with Crippen LogP contribution in [0.15, 0.2) is 35.8 Å². The lowest BCUT2D eigenvalue weighted by Crippen LogP contribution is -2.22. The van der Waals surface area contributed by atoms with E-state index in [1.165, 1.54) is 17.0 Å². The van der Waals surface area contributed by atoms with Crippen LogP contribution in [0.5, 0.6) is 5.75 Å². The lowest BCUT2D eigenvalue weighted by atomic mass is 10.2. The number of carboxylic acids is 1. The van der Waals surface area contributed by atoms with Crippen molar-refractivity contribution in [1.29, 1.82) is 0 Å². The molecule has 1 atom stereocenters. The monoisotopic (exact) mass is 318 g/mol. The van der Waals surface area contributed by atoms with Gasteiger partial charge in [-0.3, -0.25) is 4.90 Å². The molecule has 0 bridgehead atoms. The van der Waals surface area contributed by atoms with E-state index in [-0.39, 0.29) is 6.61 Å². The number of ether oxygens (including phenoxy) is 1. The van der Waals surface area contributed by atoms with E-state index in [0.717, 1.165) is 19.5 Å². The van der Waals surface area contributed by atoms with Crippen molar-refractivity contribution in [3.63, 3.8) is 0 Å². The first-order chi connectivity index (χ1) is 10.7. The van der Waals surface area contributed by atoms with Crippen molar-refractivity contribution in [1.82, 2.24) is 9.88 Å². The van der Waals surface area contributed by atoms with Crippen molar-refractivity contribution in [2.75, 3.05) is 13.2 Å². The number of benzene rings is 1. The third kappa shape index (κ3) is 3.64. The van der Waals surface area contributed by atoms with Crippen LogP contribution in [0.2, 0.25) is 0 Å². The maximum Gasteiger partial charge on any atom is 0.341 e. The van der Waals surface area contributed by atoms with E-state index in [4.69, 9.17) is 9.84 Å². The highest BCUT2D eigenvalue weighted by molar-refractivity contribution is 7.09. The first-order valence-electron chi connectivity index (χ1n) is 7.29. The molecule has 6 heteroatoms. The molecule has 1 aliphatic rings. The third-order valence-corrected chi connectivity index (χ3v) is 4.65. The van der Waals surface area contributed by atoms with Crippen molar-refractivity contribution in [3.05, 3.63) is 46.4 Å². The normalized spacial score (nSPS) is 18.5. The van der Waals surface area contributed by atoms with Gasteiger partial charge in [0.25, 0.3) is 0 Å². The second kappa shape index (κ2) is 6.89. The van der Waals surface area contributed by atoms with Crippen molar-refractivity contribution < 1.29 is 14.6 Å². The van der Waals surface area contributed by atoms with Crippen molar-refractivity contribution in [3.8, 4) is 5.75 Å². The Morgan fingerprint density at radius 2 is 2.23 bits per heavy atom. The number of nitrogens with zero attached hydrogens (tertiary/aromatic N) is 2. The molecule has 0 saturated carbocycles. The minimum atomic E-state index is -0.965. The highest BCUT2D eigenvalue weighted by Gasteiger charge is 2.27. The average molecular weight is 318 g/mol. The van der Waals surface area contributed by atoms with E-state index in [1.807, 2.05) is 35.8 Å². The fraction of sp³-hybridized carbons (Fsp3) is 0.375. The van der Waals surface area contributed by atoms with Crippen LogP contribution in [0.1, 0.15) is 29.5 Å². The van der Waals surface area contributed by atoms with Crippen LogP contribution >= 0.6 is 11.3 Å². The second-order valence-corrected chi connectivity index (χ2v) is 6.25. The summed E-state index contributed by atoms with van der Waals surface area (Å²) >= 11 is 1.72. The Balaban J connectivity index is 1.61. The Bertz CT molecular complexity index is 613. The molecule has 0 radical (unpaired) electrons. The molecule has 0 aliphatic carbocycles. The molecule has 22 heavy (non-hydrogen) atoms. The lowest BCUT2D eigenvalue weighted by Gasteiger charge is -2.22. The maximum absolute atomic E-state index is 10.5. The average Bonchev–Trinajstić information content (AvgIpc) is 3.17. The van der Waals surface area contributed by atoms with Crippen molar-refractivity contribution in [2.24, 2.45) is 0 Å². The van der Waals surface area contributed by atoms with E-state index >= 15 is 0 Å². The Morgan fingerprint density at radius 3 is 2.91 bits per heavy atom. The number of likely N-dealkylation sites (tertiary alicyclic amines) is 1. The topological polar surface area (TPSA) is 62.7 Å². The van der Waals surface area contributed by atoms with Gasteiger partial charge in [0.2, 0.25) is 0 Å². The van der Waals surface area contributed by atoms with E-state index in [2.05, 4.69) is 9.88 Å². The summed E-state index contributed by atoms with van der Waals surface area (Å²) < 4.78 is 5.15. The fourth-order valence-corrected chi connectivity index (χ4v) is 3.57. The van der Waals surface area contributed by atoms with Crippen LogP contribution in [0.4, 0.5) is 0 Å². The summed E-state index contributed by atoms with van der Waals surface area (Å²) in [6, 6.07) is 8.06. The molecule has 1 N–H and O–H groups in total. The van der Waals surface area contributed by atoms with E-state index < -0.39 is 5.97 Å². The Kier molecular flexibility index (Phi) is 4.70. The van der Waals surface area contributed by atoms with Crippen molar-refractivity contribution in [2.45, 2.75) is 25.4 Å². The van der Waals surface area contributed by atoms with Crippen LogP contribution in [0, 0.1) is 0 Å². The zero-order valence-electron chi connectivity index (χ0n) is 12.1. The molecule has 1 aromatic heterocycles. The summed E-state index contributed by atoms with van der Waals surface area (Å²) in [5, 5.41) is 11.8. The van der Waals surface area contributed by atoms with Gasteiger partial charge in [-0.15, -0.1) is 11.3 Å². The number of thiazole rings is 1. The molecule has 2 heterocycles. The molecule has 1 aromatic carbocycles. The predicted octanol–water partition coefficient (Wildman–Crippen LogP) is 2.94. The summed E-state index contributed by atoms with van der Waals surface area (Å²) in [5.74, 6) is -0.378. The molecule has 3 rings (SSSR count). The van der Waals surface area contributed by atoms with Gasteiger partial charge in [-0.05, 0) is 37.1 Å². The SMILES string of the molecule is O=C(O)COc1ccc(CN2CCC[C@@H]2c2nccs2)cc1. The largest absolute Gasteiger partial charge is 0.482 e. The number of carboxylic acid groups (broad SMARTS) is 1. The predicted molar refractivity (Wildman–Crippen MR) is 84.1 cm³/mol. The molecular weight excluding hydrogens is 300 g/mol. The molecule has 5 nitrogen and oxygen atoms in total. The quantitative estimate of drug-likeness (QED) is 0.887. The second-order valence-electron chi connectivity index (χ2n) is 5.33. The summed E-state index contributed by atoms with van der Waals surface area (Å²) in [7, 11) is 0. The van der Waals surface area contributed by atoms with Crippen LogP contribution in [0.25, 0.3) is 0 Å². The number of aliphatic carboxylic acids is 1. The number of carbonyl (C=O) groups is 1. The van der Waals surface area contributed by atoms with Gasteiger partial charge in [0.1, 0.15) is 10.8 Å². The minimum absolute atomic E-state index is 0.308. The molecule has 0 spiro atoms. The van der Waals surface area contributed by atoms with Gasteiger partial charge in [0, 0.05) is 18.1 Å². The van der Waals surface area contributed by atoms with Crippen LogP contribution in [0.3, 0.4) is 0 Å². The molecule has 116 valence electrons. The van der Waals surface area contributed by atoms with Crippen molar-refractivity contribution >= 4 is 17.3 Å². The first-order valence-corrected chi connectivity index (χ1v) is 8.17. The number of hydrogen-bond donors (Lipinski definition) is 1. The molecule has 1 aliphatic heterocycles. The molecular formula is C16H18N2O3S. The van der Waals surface area contributed by atoms with E-state index in [1.54, 1.807) is 11.3 Å². The Morgan fingerprint density at radius 1 is 1.41 bits per heavy atom. The molecule has 0 amide bonds. The van der Waals surface area contributed by atoms with E-state index in [0.29, 0.717) is 11.8 Å². The summed E-state index contributed by atoms with van der Waals surface area (Å²) in [6.07, 6.45) is 4.22.